The second-order valence-electron chi connectivity index (χ2n) is 4.38. The van der Waals surface area contributed by atoms with Crippen LogP contribution in [0.25, 0.3) is 0 Å². The van der Waals surface area contributed by atoms with E-state index in [1.165, 1.54) is 20.0 Å². The average Bonchev–Trinajstić information content (AvgIpc) is 2.43. The Morgan fingerprint density at radius 3 is 2.55 bits per heavy atom. The summed E-state index contributed by atoms with van der Waals surface area (Å²) in [6.07, 6.45) is 0.885. The van der Waals surface area contributed by atoms with Gasteiger partial charge in [0.2, 0.25) is 15.9 Å². The van der Waals surface area contributed by atoms with Crippen molar-refractivity contribution in [2.24, 2.45) is 0 Å². The highest BCUT2D eigenvalue weighted by Gasteiger charge is 2.23. The maximum atomic E-state index is 12.3. The number of hydrogen-bond donors (Lipinski definition) is 3. The van der Waals surface area contributed by atoms with Crippen LogP contribution in [0.2, 0.25) is 0 Å². The number of rotatable bonds is 7. The number of benzene rings is 1. The Hall–Kier alpha value is -1.60. The van der Waals surface area contributed by atoms with E-state index < -0.39 is 16.1 Å². The van der Waals surface area contributed by atoms with Crippen LogP contribution in [0.1, 0.15) is 20.3 Å². The Balaban J connectivity index is 3.00. The quantitative estimate of drug-likeness (QED) is 0.699. The Labute approximate surface area is 120 Å². The van der Waals surface area contributed by atoms with Crippen molar-refractivity contribution >= 4 is 21.6 Å². The summed E-state index contributed by atoms with van der Waals surface area (Å²) in [5.41, 5.74) is 0.533. The van der Waals surface area contributed by atoms with Crippen molar-refractivity contribution in [2.45, 2.75) is 31.2 Å². The molecule has 1 rings (SSSR count). The third-order valence-electron chi connectivity index (χ3n) is 2.71. The topological polar surface area (TPSA) is 87.3 Å². The fourth-order valence-corrected chi connectivity index (χ4v) is 3.06. The zero-order valence-corrected chi connectivity index (χ0v) is 12.8. The third-order valence-corrected chi connectivity index (χ3v) is 4.31. The number of amides is 1. The molecule has 0 radical (unpaired) electrons. The summed E-state index contributed by atoms with van der Waals surface area (Å²) in [5, 5.41) is 5.47. The molecule has 0 bridgehead atoms. The number of sulfonamides is 1. The zero-order valence-electron chi connectivity index (χ0n) is 11.9. The van der Waals surface area contributed by atoms with Crippen LogP contribution in [0.4, 0.5) is 5.69 Å². The Morgan fingerprint density at radius 1 is 1.30 bits per heavy atom. The van der Waals surface area contributed by atoms with Gasteiger partial charge >= 0.3 is 0 Å². The molecule has 1 atom stereocenters. The molecule has 0 saturated carbocycles. The predicted octanol–water partition coefficient (Wildman–Crippen LogP) is 0.921. The molecule has 112 valence electrons. The number of nitrogens with one attached hydrogen (secondary N) is 3. The molecular weight excluding hydrogens is 278 g/mol. The normalized spacial score (nSPS) is 12.8. The number of carbonyl (C=O) groups excluding carboxylic acids is 1. The van der Waals surface area contributed by atoms with E-state index in [0.717, 1.165) is 6.42 Å². The lowest BCUT2D eigenvalue weighted by atomic mass is 10.3. The van der Waals surface area contributed by atoms with Crippen LogP contribution < -0.4 is 15.4 Å². The van der Waals surface area contributed by atoms with Crippen molar-refractivity contribution < 1.29 is 13.2 Å². The molecule has 7 heteroatoms. The van der Waals surface area contributed by atoms with Crippen LogP contribution in [-0.4, -0.2) is 34.0 Å². The second-order valence-corrected chi connectivity index (χ2v) is 6.06. The average molecular weight is 299 g/mol. The molecule has 1 unspecified atom stereocenters. The summed E-state index contributed by atoms with van der Waals surface area (Å²) in [6, 6.07) is 5.80. The molecule has 0 fully saturated rings. The number of hydrogen-bond acceptors (Lipinski definition) is 4. The fourth-order valence-electron chi connectivity index (χ4n) is 1.67. The van der Waals surface area contributed by atoms with E-state index in [0.29, 0.717) is 12.2 Å². The molecule has 0 aliphatic carbocycles. The van der Waals surface area contributed by atoms with Gasteiger partial charge in [0.1, 0.15) is 4.90 Å². The van der Waals surface area contributed by atoms with Crippen molar-refractivity contribution in [1.82, 2.24) is 10.0 Å². The van der Waals surface area contributed by atoms with Gasteiger partial charge in [-0.05, 0) is 25.5 Å². The molecule has 3 N–H and O–H groups in total. The van der Waals surface area contributed by atoms with Crippen molar-refractivity contribution in [3.05, 3.63) is 24.3 Å². The van der Waals surface area contributed by atoms with Crippen molar-refractivity contribution in [1.29, 1.82) is 0 Å². The molecule has 20 heavy (non-hydrogen) atoms. The second kappa shape index (κ2) is 7.25. The highest BCUT2D eigenvalue weighted by Crippen LogP contribution is 2.20. The lowest BCUT2D eigenvalue weighted by molar-refractivity contribution is -0.121. The van der Waals surface area contributed by atoms with Crippen molar-refractivity contribution in [3.8, 4) is 0 Å². The minimum atomic E-state index is -3.75. The van der Waals surface area contributed by atoms with Crippen LogP contribution in [0.15, 0.2) is 29.2 Å². The monoisotopic (exact) mass is 299 g/mol. The van der Waals surface area contributed by atoms with Gasteiger partial charge in [-0.25, -0.2) is 8.42 Å². The fraction of sp³-hybridized carbons (Fsp3) is 0.462. The molecule has 0 spiro atoms. The van der Waals surface area contributed by atoms with E-state index in [1.807, 2.05) is 6.92 Å². The minimum Gasteiger partial charge on any atom is -0.384 e. The lowest BCUT2D eigenvalue weighted by Crippen LogP contribution is -2.43. The van der Waals surface area contributed by atoms with Crippen molar-refractivity contribution in [2.75, 3.05) is 18.9 Å². The van der Waals surface area contributed by atoms with E-state index in [4.69, 9.17) is 0 Å². The number of likely N-dealkylation sites (N-methyl/N-ethyl adjacent to an activating group) is 1. The molecule has 6 nitrogen and oxygen atoms in total. The summed E-state index contributed by atoms with van der Waals surface area (Å²) in [4.78, 5) is 11.6. The maximum Gasteiger partial charge on any atom is 0.243 e. The first kappa shape index (κ1) is 16.5. The Morgan fingerprint density at radius 2 is 1.95 bits per heavy atom. The Bertz CT molecular complexity index is 558. The summed E-state index contributed by atoms with van der Waals surface area (Å²) in [5.74, 6) is -0.382. The molecule has 0 aliphatic heterocycles. The van der Waals surface area contributed by atoms with Gasteiger partial charge in [0.05, 0.1) is 11.7 Å². The highest BCUT2D eigenvalue weighted by atomic mass is 32.2. The van der Waals surface area contributed by atoms with Crippen LogP contribution in [0.3, 0.4) is 0 Å². The number of anilines is 1. The van der Waals surface area contributed by atoms with Gasteiger partial charge in [-0.15, -0.1) is 0 Å². The maximum absolute atomic E-state index is 12.3. The van der Waals surface area contributed by atoms with Crippen LogP contribution >= 0.6 is 0 Å². The summed E-state index contributed by atoms with van der Waals surface area (Å²) in [7, 11) is -2.29. The third kappa shape index (κ3) is 4.21. The van der Waals surface area contributed by atoms with Gasteiger partial charge in [-0.2, -0.15) is 4.72 Å². The molecule has 1 aromatic rings. The van der Waals surface area contributed by atoms with Gasteiger partial charge in [0, 0.05) is 13.6 Å². The first-order chi connectivity index (χ1) is 9.42. The van der Waals surface area contributed by atoms with Gasteiger partial charge in [0.15, 0.2) is 0 Å². The van der Waals surface area contributed by atoms with Crippen LogP contribution in [-0.2, 0) is 14.8 Å². The lowest BCUT2D eigenvalue weighted by Gasteiger charge is -2.16. The molecule has 1 aromatic carbocycles. The van der Waals surface area contributed by atoms with Gasteiger partial charge in [-0.3, -0.25) is 4.79 Å². The standard InChI is InChI=1S/C13H21N3O3S/c1-4-9-15-11-7-5-6-8-12(11)20(18,19)16-10(2)13(17)14-3/h5-8,10,15-16H,4,9H2,1-3H3,(H,14,17). The smallest absolute Gasteiger partial charge is 0.243 e. The molecule has 1 amide bonds. The van der Waals surface area contributed by atoms with Crippen molar-refractivity contribution in [3.63, 3.8) is 0 Å². The molecule has 0 aromatic heterocycles. The first-order valence-electron chi connectivity index (χ1n) is 6.49. The highest BCUT2D eigenvalue weighted by molar-refractivity contribution is 7.89. The molecule has 0 aliphatic rings. The van der Waals surface area contributed by atoms with E-state index in [2.05, 4.69) is 15.4 Å². The minimum absolute atomic E-state index is 0.143. The molecular formula is C13H21N3O3S. The Kier molecular flexibility index (Phi) is 5.97. The largest absolute Gasteiger partial charge is 0.384 e. The van der Waals surface area contributed by atoms with Gasteiger partial charge in [0.25, 0.3) is 0 Å². The first-order valence-corrected chi connectivity index (χ1v) is 7.97. The summed E-state index contributed by atoms with van der Waals surface area (Å²) in [6.45, 7) is 4.17. The van der Waals surface area contributed by atoms with E-state index >= 15 is 0 Å². The van der Waals surface area contributed by atoms with Crippen LogP contribution in [0.5, 0.6) is 0 Å². The van der Waals surface area contributed by atoms with Gasteiger partial charge < -0.3 is 10.6 Å². The van der Waals surface area contributed by atoms with Crippen LogP contribution in [0, 0.1) is 0 Å². The predicted molar refractivity (Wildman–Crippen MR) is 79.1 cm³/mol. The van der Waals surface area contributed by atoms with E-state index in [-0.39, 0.29) is 10.8 Å². The van der Waals surface area contributed by atoms with E-state index in [1.54, 1.807) is 18.2 Å². The summed E-state index contributed by atoms with van der Waals surface area (Å²) >= 11 is 0. The van der Waals surface area contributed by atoms with E-state index in [9.17, 15) is 13.2 Å². The van der Waals surface area contributed by atoms with Gasteiger partial charge in [-0.1, -0.05) is 19.1 Å². The summed E-state index contributed by atoms with van der Waals surface area (Å²) < 4.78 is 27.0. The number of carbonyl (C=O) groups is 1. The molecule has 0 heterocycles. The zero-order chi connectivity index (χ0) is 15.2. The molecule has 0 saturated heterocycles. The SMILES string of the molecule is CCCNc1ccccc1S(=O)(=O)NC(C)C(=O)NC. The number of para-hydroxylation sites is 1.